The van der Waals surface area contributed by atoms with Gasteiger partial charge in [0.2, 0.25) is 0 Å². The lowest BCUT2D eigenvalue weighted by Crippen LogP contribution is -2.53. The Hall–Kier alpha value is -5.46. The summed E-state index contributed by atoms with van der Waals surface area (Å²) in [6, 6.07) is 15.0. The molecule has 4 N–H and O–H groups in total. The largest absolute Gasteiger partial charge is 0.480 e. The maximum atomic E-state index is 15.0. The molecule has 47 heavy (non-hydrogen) atoms. The Morgan fingerprint density at radius 2 is 1.17 bits per heavy atom. The Morgan fingerprint density at radius 1 is 0.702 bits per heavy atom. The molecule has 13 heteroatoms. The summed E-state index contributed by atoms with van der Waals surface area (Å²) >= 11 is 0. The van der Waals surface area contributed by atoms with Crippen molar-refractivity contribution in [2.45, 2.75) is 71.6 Å². The van der Waals surface area contributed by atoms with E-state index < -0.39 is 58.3 Å². The van der Waals surface area contributed by atoms with Crippen LogP contribution in [0.1, 0.15) is 74.7 Å². The smallest absolute Gasteiger partial charge is 0.412 e. The minimum atomic E-state index is -1.84. The fourth-order valence-electron chi connectivity index (χ4n) is 4.04. The predicted molar refractivity (Wildman–Crippen MR) is 171 cm³/mol. The minimum absolute atomic E-state index is 0.0815. The number of hydrogen-bond donors (Lipinski definition) is 4. The van der Waals surface area contributed by atoms with Crippen molar-refractivity contribution in [2.24, 2.45) is 0 Å². The third-order valence-electron chi connectivity index (χ3n) is 6.18. The van der Waals surface area contributed by atoms with E-state index in [2.05, 4.69) is 16.0 Å². The molecular formula is C34H38FN3O9. The third-order valence-corrected chi connectivity index (χ3v) is 6.18. The first-order chi connectivity index (χ1) is 21.7. The molecular weight excluding hydrogens is 613 g/mol. The van der Waals surface area contributed by atoms with Crippen molar-refractivity contribution in [2.75, 3.05) is 10.6 Å². The molecule has 0 fully saturated rings. The average Bonchev–Trinajstić information content (AvgIpc) is 2.93. The molecule has 0 aliphatic rings. The number of carbonyl (C=O) groups excluding carboxylic acids is 4. The van der Waals surface area contributed by atoms with Gasteiger partial charge in [0.05, 0.1) is 5.56 Å². The lowest BCUT2D eigenvalue weighted by atomic mass is 9.92. The number of carbonyl (C=O) groups is 5. The topological polar surface area (TPSA) is 169 Å². The Labute approximate surface area is 271 Å². The number of anilines is 2. The highest BCUT2D eigenvalue weighted by atomic mass is 19.1. The maximum absolute atomic E-state index is 15.0. The number of rotatable bonds is 9. The molecule has 3 aromatic rings. The first kappa shape index (κ1) is 36.0. The molecule has 0 aliphatic carbocycles. The number of carboxylic acid groups (broad SMARTS) is 1. The fourth-order valence-corrected chi connectivity index (χ4v) is 4.04. The molecule has 0 aromatic heterocycles. The molecule has 3 amide bonds. The summed E-state index contributed by atoms with van der Waals surface area (Å²) in [7, 11) is 0. The van der Waals surface area contributed by atoms with Crippen molar-refractivity contribution in [1.29, 1.82) is 0 Å². The second-order valence-electron chi connectivity index (χ2n) is 12.8. The van der Waals surface area contributed by atoms with Crippen LogP contribution in [0.25, 0.3) is 0 Å². The van der Waals surface area contributed by atoms with Crippen LogP contribution in [0.2, 0.25) is 0 Å². The lowest BCUT2D eigenvalue weighted by Gasteiger charge is -2.26. The molecule has 250 valence electrons. The van der Waals surface area contributed by atoms with Gasteiger partial charge in [0.15, 0.2) is 11.6 Å². The number of amides is 3. The van der Waals surface area contributed by atoms with Gasteiger partial charge in [0.25, 0.3) is 5.91 Å². The molecule has 0 radical (unpaired) electrons. The number of benzene rings is 3. The average molecular weight is 652 g/mol. The van der Waals surface area contributed by atoms with Crippen molar-refractivity contribution >= 4 is 41.4 Å². The number of esters is 1. The van der Waals surface area contributed by atoms with Crippen LogP contribution >= 0.6 is 0 Å². The summed E-state index contributed by atoms with van der Waals surface area (Å²) in [4.78, 5) is 61.7. The van der Waals surface area contributed by atoms with Gasteiger partial charge in [-0.2, -0.15) is 0 Å². The van der Waals surface area contributed by atoms with E-state index in [9.17, 15) is 33.5 Å². The minimum Gasteiger partial charge on any atom is -0.480 e. The van der Waals surface area contributed by atoms with E-state index in [-0.39, 0.29) is 23.1 Å². The summed E-state index contributed by atoms with van der Waals surface area (Å²) < 4.78 is 30.5. The van der Waals surface area contributed by atoms with Gasteiger partial charge in [0.1, 0.15) is 16.7 Å². The quantitative estimate of drug-likeness (QED) is 0.148. The third kappa shape index (κ3) is 11.1. The van der Waals surface area contributed by atoms with Crippen molar-refractivity contribution < 1.29 is 47.7 Å². The highest BCUT2D eigenvalue weighted by Crippen LogP contribution is 2.24. The first-order valence-corrected chi connectivity index (χ1v) is 14.5. The van der Waals surface area contributed by atoms with Gasteiger partial charge in [-0.25, -0.2) is 23.6 Å². The molecule has 12 nitrogen and oxygen atoms in total. The molecule has 0 aliphatic heterocycles. The monoisotopic (exact) mass is 651 g/mol. The van der Waals surface area contributed by atoms with Crippen LogP contribution in [0, 0.1) is 5.82 Å². The van der Waals surface area contributed by atoms with E-state index in [1.165, 1.54) is 67.6 Å². The van der Waals surface area contributed by atoms with Crippen LogP contribution < -0.4 is 20.7 Å². The van der Waals surface area contributed by atoms with Crippen LogP contribution in [0.15, 0.2) is 66.7 Å². The summed E-state index contributed by atoms with van der Waals surface area (Å²) in [6.07, 6.45) is -1.65. The van der Waals surface area contributed by atoms with Gasteiger partial charge >= 0.3 is 24.1 Å². The van der Waals surface area contributed by atoms with E-state index in [1.807, 2.05) is 0 Å². The van der Waals surface area contributed by atoms with Crippen molar-refractivity contribution in [3.05, 3.63) is 89.2 Å². The fraction of sp³-hybridized carbons (Fsp3) is 0.324. The molecule has 3 rings (SSSR count). The van der Waals surface area contributed by atoms with Gasteiger partial charge in [-0.1, -0.05) is 6.07 Å². The second kappa shape index (κ2) is 14.3. The summed E-state index contributed by atoms with van der Waals surface area (Å²) in [5.41, 5.74) is -2.09. The first-order valence-electron chi connectivity index (χ1n) is 14.5. The standard InChI is InChI=1S/C34H38FN3O9/c1-32(2,3)46-30(43)36-23-13-9-21(10-14-23)27(39)38-34(7,29(41)42)19-20-8-17-26(25(35)18-20)45-28(40)22-11-15-24(16-12-22)37-31(44)47-33(4,5)6/h8-18H,19H2,1-7H3,(H,36,43)(H,37,44)(H,38,39)(H,41,42). The van der Waals surface area contributed by atoms with Gasteiger partial charge in [-0.15, -0.1) is 0 Å². The van der Waals surface area contributed by atoms with E-state index >= 15 is 0 Å². The molecule has 0 saturated heterocycles. The lowest BCUT2D eigenvalue weighted by molar-refractivity contribution is -0.143. The van der Waals surface area contributed by atoms with Crippen LogP contribution in [-0.4, -0.2) is 51.9 Å². The van der Waals surface area contributed by atoms with Crippen LogP contribution in [0.3, 0.4) is 0 Å². The zero-order valence-corrected chi connectivity index (χ0v) is 27.1. The van der Waals surface area contributed by atoms with E-state index in [1.54, 1.807) is 41.5 Å². The van der Waals surface area contributed by atoms with Crippen LogP contribution in [0.4, 0.5) is 25.4 Å². The van der Waals surface area contributed by atoms with Gasteiger partial charge in [-0.3, -0.25) is 15.4 Å². The predicted octanol–water partition coefficient (Wildman–Crippen LogP) is 6.55. The summed E-state index contributed by atoms with van der Waals surface area (Å²) in [5.74, 6) is -4.26. The maximum Gasteiger partial charge on any atom is 0.412 e. The number of aliphatic carboxylic acids is 1. The summed E-state index contributed by atoms with van der Waals surface area (Å²) in [6.45, 7) is 11.6. The molecule has 3 aromatic carbocycles. The van der Waals surface area contributed by atoms with Gasteiger partial charge in [0, 0.05) is 23.4 Å². The molecule has 0 spiro atoms. The highest BCUT2D eigenvalue weighted by molar-refractivity contribution is 5.98. The molecule has 1 atom stereocenters. The Kier molecular flexibility index (Phi) is 11.0. The number of halogens is 1. The van der Waals surface area contributed by atoms with Crippen LogP contribution in [-0.2, 0) is 20.7 Å². The van der Waals surface area contributed by atoms with E-state index in [0.29, 0.717) is 11.4 Å². The number of ether oxygens (including phenoxy) is 3. The molecule has 0 bridgehead atoms. The zero-order valence-electron chi connectivity index (χ0n) is 27.1. The Morgan fingerprint density at radius 3 is 1.60 bits per heavy atom. The Bertz CT molecular complexity index is 1640. The number of carboxylic acids is 1. The molecule has 0 heterocycles. The molecule has 1 unspecified atom stereocenters. The van der Waals surface area contributed by atoms with Crippen molar-refractivity contribution in [3.63, 3.8) is 0 Å². The van der Waals surface area contributed by atoms with Crippen LogP contribution in [0.5, 0.6) is 5.75 Å². The van der Waals surface area contributed by atoms with Gasteiger partial charge in [-0.05, 0) is 115 Å². The number of nitrogens with one attached hydrogen (secondary N) is 3. The van der Waals surface area contributed by atoms with Crippen molar-refractivity contribution in [3.8, 4) is 5.75 Å². The number of hydrogen-bond acceptors (Lipinski definition) is 8. The summed E-state index contributed by atoms with van der Waals surface area (Å²) in [5, 5.41) is 17.5. The Balaban J connectivity index is 1.63. The highest BCUT2D eigenvalue weighted by Gasteiger charge is 2.36. The molecule has 0 saturated carbocycles. The SMILES string of the molecule is CC(C)(C)OC(=O)Nc1ccc(C(=O)NC(C)(Cc2ccc(OC(=O)c3ccc(NC(=O)OC(C)(C)C)cc3)c(F)c2)C(=O)O)cc1. The van der Waals surface area contributed by atoms with E-state index in [0.717, 1.165) is 6.07 Å². The normalized spacial score (nSPS) is 12.6. The zero-order chi connectivity index (χ0) is 35.2. The van der Waals surface area contributed by atoms with Gasteiger partial charge < -0.3 is 24.6 Å². The second-order valence-corrected chi connectivity index (χ2v) is 12.8. The van der Waals surface area contributed by atoms with E-state index in [4.69, 9.17) is 14.2 Å². The van der Waals surface area contributed by atoms with Crippen molar-refractivity contribution in [1.82, 2.24) is 5.32 Å².